The molecule has 2 aromatic heterocycles. The molecule has 1 saturated heterocycles. The molecular formula is C25H27ClN6O. The number of halogens is 1. The fourth-order valence-electron chi connectivity index (χ4n) is 4.67. The van der Waals surface area contributed by atoms with Crippen LogP contribution in [0.15, 0.2) is 42.6 Å². The van der Waals surface area contributed by atoms with Crippen LogP contribution in [0.2, 0.25) is 5.02 Å². The van der Waals surface area contributed by atoms with E-state index in [1.54, 1.807) is 6.20 Å². The maximum atomic E-state index is 13.2. The number of H-pyrrole nitrogens is 1. The molecule has 0 aliphatic carbocycles. The summed E-state index contributed by atoms with van der Waals surface area (Å²) in [6.07, 6.45) is 3.73. The quantitative estimate of drug-likeness (QED) is 0.395. The van der Waals surface area contributed by atoms with Gasteiger partial charge in [-0.1, -0.05) is 11.6 Å². The molecule has 0 unspecified atom stereocenters. The number of hydrogen-bond acceptors (Lipinski definition) is 5. The lowest BCUT2D eigenvalue weighted by Crippen LogP contribution is -2.40. The Morgan fingerprint density at radius 1 is 1.30 bits per heavy atom. The average molecular weight is 463 g/mol. The molecule has 4 aromatic rings. The number of benzene rings is 2. The SMILES string of the molecule is Cc1cc2c(N[C@H](C)c3nc4ccc(Cl)cc4[nH]3)ccnc2cc1C(=O)N1CCC[C@@H]1CN. The number of fused-ring (bicyclic) bond motifs is 2. The van der Waals surface area contributed by atoms with Crippen molar-refractivity contribution in [3.8, 4) is 0 Å². The summed E-state index contributed by atoms with van der Waals surface area (Å²) in [7, 11) is 0. The Balaban J connectivity index is 1.45. The molecule has 5 rings (SSSR count). The van der Waals surface area contributed by atoms with Gasteiger partial charge in [0, 0.05) is 47.0 Å². The predicted octanol–water partition coefficient (Wildman–Crippen LogP) is 4.81. The largest absolute Gasteiger partial charge is 0.375 e. The third-order valence-corrected chi connectivity index (χ3v) is 6.71. The van der Waals surface area contributed by atoms with Gasteiger partial charge in [0.2, 0.25) is 0 Å². The highest BCUT2D eigenvalue weighted by atomic mass is 35.5. The normalized spacial score (nSPS) is 17.1. The van der Waals surface area contributed by atoms with Crippen LogP contribution in [0.4, 0.5) is 5.69 Å². The molecular weight excluding hydrogens is 436 g/mol. The second-order valence-electron chi connectivity index (χ2n) is 8.72. The van der Waals surface area contributed by atoms with Gasteiger partial charge >= 0.3 is 0 Å². The molecule has 2 atom stereocenters. The number of likely N-dealkylation sites (tertiary alicyclic amines) is 1. The lowest BCUT2D eigenvalue weighted by atomic mass is 10.0. The molecule has 170 valence electrons. The van der Waals surface area contributed by atoms with Gasteiger partial charge in [-0.2, -0.15) is 0 Å². The number of anilines is 1. The fourth-order valence-corrected chi connectivity index (χ4v) is 4.84. The first-order valence-electron chi connectivity index (χ1n) is 11.3. The van der Waals surface area contributed by atoms with Gasteiger partial charge in [0.15, 0.2) is 0 Å². The van der Waals surface area contributed by atoms with Crippen molar-refractivity contribution in [3.05, 3.63) is 64.6 Å². The third-order valence-electron chi connectivity index (χ3n) is 6.47. The number of aromatic amines is 1. The van der Waals surface area contributed by atoms with Crippen molar-refractivity contribution in [2.24, 2.45) is 5.73 Å². The van der Waals surface area contributed by atoms with E-state index in [0.717, 1.165) is 58.4 Å². The van der Waals surface area contributed by atoms with Crippen LogP contribution in [-0.4, -0.2) is 44.9 Å². The van der Waals surface area contributed by atoms with Gasteiger partial charge in [-0.3, -0.25) is 9.78 Å². The number of aromatic nitrogens is 3. The molecule has 2 aromatic carbocycles. The number of amides is 1. The summed E-state index contributed by atoms with van der Waals surface area (Å²) in [5, 5.41) is 5.18. The number of carbonyl (C=O) groups is 1. The molecule has 0 spiro atoms. The van der Waals surface area contributed by atoms with Crippen LogP contribution < -0.4 is 11.1 Å². The van der Waals surface area contributed by atoms with Crippen LogP contribution in [-0.2, 0) is 0 Å². The third kappa shape index (κ3) is 4.03. The number of nitrogens with zero attached hydrogens (tertiary/aromatic N) is 3. The Labute approximate surface area is 197 Å². The highest BCUT2D eigenvalue weighted by Gasteiger charge is 2.29. The van der Waals surface area contributed by atoms with E-state index in [1.165, 1.54) is 0 Å². The van der Waals surface area contributed by atoms with Crippen molar-refractivity contribution >= 4 is 45.1 Å². The summed E-state index contributed by atoms with van der Waals surface area (Å²) in [6.45, 7) is 5.28. The maximum Gasteiger partial charge on any atom is 0.254 e. The number of carbonyl (C=O) groups excluding carboxylic acids is 1. The number of nitrogens with one attached hydrogen (secondary N) is 2. The molecule has 33 heavy (non-hydrogen) atoms. The first-order valence-corrected chi connectivity index (χ1v) is 11.6. The summed E-state index contributed by atoms with van der Waals surface area (Å²) >= 11 is 6.11. The molecule has 7 nitrogen and oxygen atoms in total. The summed E-state index contributed by atoms with van der Waals surface area (Å²) in [5.74, 6) is 0.861. The van der Waals surface area contributed by atoms with Gasteiger partial charge in [-0.25, -0.2) is 4.98 Å². The minimum Gasteiger partial charge on any atom is -0.375 e. The van der Waals surface area contributed by atoms with E-state index < -0.39 is 0 Å². The Morgan fingerprint density at radius 3 is 2.97 bits per heavy atom. The van der Waals surface area contributed by atoms with Crippen molar-refractivity contribution in [2.75, 3.05) is 18.4 Å². The first-order chi connectivity index (χ1) is 15.9. The molecule has 0 bridgehead atoms. The second-order valence-corrected chi connectivity index (χ2v) is 9.16. The van der Waals surface area contributed by atoms with Crippen LogP contribution in [0.1, 0.15) is 47.6 Å². The first kappa shape index (κ1) is 21.7. The summed E-state index contributed by atoms with van der Waals surface area (Å²) in [6, 6.07) is 11.6. The fraction of sp³-hybridized carbons (Fsp3) is 0.320. The minimum atomic E-state index is -0.0710. The minimum absolute atomic E-state index is 0.0387. The van der Waals surface area contributed by atoms with Crippen molar-refractivity contribution in [1.29, 1.82) is 0 Å². The van der Waals surface area contributed by atoms with Gasteiger partial charge in [0.25, 0.3) is 5.91 Å². The van der Waals surface area contributed by atoms with Crippen LogP contribution in [0.3, 0.4) is 0 Å². The molecule has 3 heterocycles. The predicted molar refractivity (Wildman–Crippen MR) is 133 cm³/mol. The zero-order valence-corrected chi connectivity index (χ0v) is 19.5. The molecule has 1 fully saturated rings. The van der Waals surface area contributed by atoms with E-state index in [-0.39, 0.29) is 18.0 Å². The van der Waals surface area contributed by atoms with Crippen molar-refractivity contribution < 1.29 is 4.79 Å². The van der Waals surface area contributed by atoms with Gasteiger partial charge in [-0.15, -0.1) is 0 Å². The van der Waals surface area contributed by atoms with E-state index in [1.807, 2.05) is 48.2 Å². The molecule has 4 N–H and O–H groups in total. The highest BCUT2D eigenvalue weighted by molar-refractivity contribution is 6.31. The van der Waals surface area contributed by atoms with Crippen LogP contribution in [0.5, 0.6) is 0 Å². The Hall–Kier alpha value is -3.16. The zero-order valence-electron chi connectivity index (χ0n) is 18.7. The number of rotatable bonds is 5. The Bertz CT molecular complexity index is 1350. The number of hydrogen-bond donors (Lipinski definition) is 3. The number of nitrogens with two attached hydrogens (primary N) is 1. The van der Waals surface area contributed by atoms with Crippen molar-refractivity contribution in [2.45, 2.75) is 38.8 Å². The van der Waals surface area contributed by atoms with Gasteiger partial charge in [0.05, 0.1) is 22.6 Å². The monoisotopic (exact) mass is 462 g/mol. The van der Waals surface area contributed by atoms with E-state index in [9.17, 15) is 4.79 Å². The molecule has 0 saturated carbocycles. The summed E-state index contributed by atoms with van der Waals surface area (Å²) in [5.41, 5.74) is 11.0. The van der Waals surface area contributed by atoms with E-state index in [2.05, 4.69) is 22.2 Å². The number of imidazole rings is 1. The molecule has 1 aliphatic rings. The zero-order chi connectivity index (χ0) is 23.1. The van der Waals surface area contributed by atoms with Crippen LogP contribution >= 0.6 is 11.6 Å². The number of pyridine rings is 1. The van der Waals surface area contributed by atoms with E-state index in [0.29, 0.717) is 17.1 Å². The Kier molecular flexibility index (Phi) is 5.68. The van der Waals surface area contributed by atoms with Crippen molar-refractivity contribution in [3.63, 3.8) is 0 Å². The highest BCUT2D eigenvalue weighted by Crippen LogP contribution is 2.30. The standard InChI is InChI=1S/C25H27ClN6O/c1-14-10-19-20(29-15(2)24-30-21-6-5-16(26)11-23(21)31-24)7-8-28-22(19)12-18(14)25(33)32-9-3-4-17(32)13-27/h5-8,10-12,15,17H,3-4,9,13,27H2,1-2H3,(H,28,29)(H,30,31)/t15-,17-/m1/s1. The van der Waals surface area contributed by atoms with Crippen molar-refractivity contribution in [1.82, 2.24) is 19.9 Å². The molecule has 1 amide bonds. The Morgan fingerprint density at radius 2 is 2.15 bits per heavy atom. The summed E-state index contributed by atoms with van der Waals surface area (Å²) < 4.78 is 0. The van der Waals surface area contributed by atoms with E-state index >= 15 is 0 Å². The number of aryl methyl sites for hydroxylation is 1. The molecule has 0 radical (unpaired) electrons. The lowest BCUT2D eigenvalue weighted by molar-refractivity contribution is 0.0740. The topological polar surface area (TPSA) is 99.9 Å². The van der Waals surface area contributed by atoms with Gasteiger partial charge < -0.3 is 20.9 Å². The van der Waals surface area contributed by atoms with E-state index in [4.69, 9.17) is 22.3 Å². The molecule has 1 aliphatic heterocycles. The second kappa shape index (κ2) is 8.65. The van der Waals surface area contributed by atoms with Gasteiger partial charge in [0.1, 0.15) is 5.82 Å². The maximum absolute atomic E-state index is 13.2. The van der Waals surface area contributed by atoms with Gasteiger partial charge in [-0.05, 0) is 68.7 Å². The lowest BCUT2D eigenvalue weighted by Gasteiger charge is -2.24. The molecule has 8 heteroatoms. The average Bonchev–Trinajstić information content (AvgIpc) is 3.45. The summed E-state index contributed by atoms with van der Waals surface area (Å²) in [4.78, 5) is 27.7. The van der Waals surface area contributed by atoms with Crippen LogP contribution in [0, 0.1) is 6.92 Å². The van der Waals surface area contributed by atoms with Crippen LogP contribution in [0.25, 0.3) is 21.9 Å². The smallest absolute Gasteiger partial charge is 0.254 e.